The van der Waals surface area contributed by atoms with Crippen molar-refractivity contribution in [1.82, 2.24) is 4.57 Å². The van der Waals surface area contributed by atoms with Crippen LogP contribution < -0.4 is 20.5 Å². The molecule has 0 aliphatic carbocycles. The van der Waals surface area contributed by atoms with E-state index in [1.54, 1.807) is 32.3 Å². The van der Waals surface area contributed by atoms with E-state index in [9.17, 15) is 14.0 Å². The van der Waals surface area contributed by atoms with E-state index >= 15 is 0 Å². The highest BCUT2D eigenvalue weighted by molar-refractivity contribution is 7.27. The van der Waals surface area contributed by atoms with Crippen molar-refractivity contribution < 1.29 is 13.9 Å². The summed E-state index contributed by atoms with van der Waals surface area (Å²) in [6.45, 7) is 2.08. The molecule has 2 aromatic rings. The molecule has 7 heteroatoms. The predicted octanol–water partition coefficient (Wildman–Crippen LogP) is 1.86. The fraction of sp³-hybridized carbons (Fsp3) is 0.333. The van der Waals surface area contributed by atoms with Crippen molar-refractivity contribution in [2.24, 2.45) is 7.05 Å². The van der Waals surface area contributed by atoms with Gasteiger partial charge in [0.25, 0.3) is 5.56 Å². The number of aromatic nitrogens is 1. The normalized spacial score (nSPS) is 17.2. The second-order valence-corrected chi connectivity index (χ2v) is 6.90. The molecule has 0 saturated carbocycles. The molecule has 1 aromatic heterocycles. The molecular weight excluding hydrogens is 342 g/mol. The summed E-state index contributed by atoms with van der Waals surface area (Å²) in [6.07, 6.45) is 1.84. The largest absolute Gasteiger partial charge is 0.497 e. The number of rotatable bonds is 3. The Labute approximate surface area is 147 Å². The molecule has 0 spiro atoms. The Morgan fingerprint density at radius 1 is 1.32 bits per heavy atom. The van der Waals surface area contributed by atoms with Crippen LogP contribution in [0.25, 0.3) is 0 Å². The van der Waals surface area contributed by atoms with Gasteiger partial charge in [-0.25, -0.2) is 4.39 Å². The molecule has 0 radical (unpaired) electrons. The summed E-state index contributed by atoms with van der Waals surface area (Å²) in [6, 6.07) is 4.85. The maximum Gasteiger partial charge on any atom is 0.274 e. The molecule has 1 aromatic carbocycles. The zero-order valence-electron chi connectivity index (χ0n) is 14.4. The summed E-state index contributed by atoms with van der Waals surface area (Å²) in [5.41, 5.74) is 1.36. The fourth-order valence-corrected chi connectivity index (χ4v) is 3.85. The number of anilines is 1. The van der Waals surface area contributed by atoms with Gasteiger partial charge in [0.05, 0.1) is 7.11 Å². The number of hydrogen-bond donors (Lipinski definition) is 0. The van der Waals surface area contributed by atoms with Gasteiger partial charge in [-0.3, -0.25) is 9.59 Å². The van der Waals surface area contributed by atoms with Crippen molar-refractivity contribution in [1.29, 1.82) is 0 Å². The summed E-state index contributed by atoms with van der Waals surface area (Å²) < 4.78 is 21.1. The van der Waals surface area contributed by atoms with Crippen molar-refractivity contribution in [2.75, 3.05) is 18.6 Å². The van der Waals surface area contributed by atoms with Gasteiger partial charge < -0.3 is 14.2 Å². The number of pyridine rings is 1. The summed E-state index contributed by atoms with van der Waals surface area (Å²) in [5, 5.41) is 0.661. The van der Waals surface area contributed by atoms with E-state index in [1.165, 1.54) is 22.6 Å². The lowest BCUT2D eigenvalue weighted by molar-refractivity contribution is -0.117. The monoisotopic (exact) mass is 362 g/mol. The van der Waals surface area contributed by atoms with Crippen LogP contribution in [0.3, 0.4) is 0 Å². The molecule has 1 saturated heterocycles. The molecule has 5 nitrogen and oxygen atoms in total. The number of halogens is 1. The Bertz CT molecular complexity index is 887. The molecule has 1 amide bonds. The molecule has 1 unspecified atom stereocenters. The zero-order chi connectivity index (χ0) is 18.3. The maximum absolute atomic E-state index is 14.5. The van der Waals surface area contributed by atoms with E-state index in [2.05, 4.69) is 9.24 Å². The number of benzene rings is 1. The van der Waals surface area contributed by atoms with Crippen LogP contribution >= 0.6 is 9.24 Å². The summed E-state index contributed by atoms with van der Waals surface area (Å²) in [5.74, 6) is -0.451. The Morgan fingerprint density at radius 2 is 2.04 bits per heavy atom. The minimum Gasteiger partial charge on any atom is -0.497 e. The van der Waals surface area contributed by atoms with Crippen LogP contribution in [0.15, 0.2) is 29.2 Å². The summed E-state index contributed by atoms with van der Waals surface area (Å²) >= 11 is 0. The molecule has 0 N–H and O–H groups in total. The van der Waals surface area contributed by atoms with Gasteiger partial charge in [-0.2, -0.15) is 0 Å². The fourth-order valence-electron chi connectivity index (χ4n) is 3.31. The third-order valence-electron chi connectivity index (χ3n) is 4.62. The Morgan fingerprint density at radius 3 is 2.68 bits per heavy atom. The van der Waals surface area contributed by atoms with Crippen LogP contribution in [0.5, 0.6) is 5.75 Å². The standard InChI is InChI=1S/C18H20FN2O3P/c1-10-4-5-20(2)18(23)17(10)21-9-11(6-15(21)22)16-13(19)7-12(24-3)8-14(16)25/h4-5,7-8,11H,6,9,25H2,1-3H3/t11-/m0/s1. The molecule has 1 aliphatic rings. The molecule has 132 valence electrons. The van der Waals surface area contributed by atoms with E-state index in [0.717, 1.165) is 5.56 Å². The van der Waals surface area contributed by atoms with E-state index in [-0.39, 0.29) is 30.3 Å². The maximum atomic E-state index is 14.5. The van der Waals surface area contributed by atoms with Gasteiger partial charge in [0.2, 0.25) is 5.91 Å². The second kappa shape index (κ2) is 6.60. The summed E-state index contributed by atoms with van der Waals surface area (Å²) in [7, 11) is 5.63. The number of methoxy groups -OCH3 is 1. The lowest BCUT2D eigenvalue weighted by atomic mass is 9.97. The molecular formula is C18H20FN2O3P. The van der Waals surface area contributed by atoms with Crippen molar-refractivity contribution in [3.05, 3.63) is 51.7 Å². The first-order valence-electron chi connectivity index (χ1n) is 7.93. The first-order valence-corrected chi connectivity index (χ1v) is 8.50. The Balaban J connectivity index is 2.00. The minimum atomic E-state index is -0.401. The number of hydrogen-bond acceptors (Lipinski definition) is 3. The van der Waals surface area contributed by atoms with Gasteiger partial charge >= 0.3 is 0 Å². The smallest absolute Gasteiger partial charge is 0.274 e. The van der Waals surface area contributed by atoms with Gasteiger partial charge in [0, 0.05) is 43.8 Å². The average Bonchev–Trinajstić information content (AvgIpc) is 2.92. The first kappa shape index (κ1) is 17.6. The topological polar surface area (TPSA) is 51.5 Å². The molecule has 1 aliphatic heterocycles. The highest BCUT2D eigenvalue weighted by atomic mass is 31.0. The van der Waals surface area contributed by atoms with E-state index in [1.807, 2.05) is 0 Å². The predicted molar refractivity (Wildman–Crippen MR) is 98.4 cm³/mol. The van der Waals surface area contributed by atoms with Gasteiger partial charge in [-0.15, -0.1) is 9.24 Å². The van der Waals surface area contributed by atoms with Crippen molar-refractivity contribution in [3.63, 3.8) is 0 Å². The Kier molecular flexibility index (Phi) is 4.65. The number of ether oxygens (including phenoxy) is 1. The van der Waals surface area contributed by atoms with Crippen molar-refractivity contribution in [3.8, 4) is 5.75 Å². The van der Waals surface area contributed by atoms with E-state index < -0.39 is 5.82 Å². The quantitative estimate of drug-likeness (QED) is 0.784. The highest BCUT2D eigenvalue weighted by Crippen LogP contribution is 2.34. The molecule has 25 heavy (non-hydrogen) atoms. The van der Waals surface area contributed by atoms with Crippen LogP contribution in [-0.2, 0) is 11.8 Å². The first-order chi connectivity index (χ1) is 11.8. The van der Waals surface area contributed by atoms with Crippen molar-refractivity contribution in [2.45, 2.75) is 19.3 Å². The van der Waals surface area contributed by atoms with Crippen LogP contribution in [0.1, 0.15) is 23.5 Å². The van der Waals surface area contributed by atoms with Crippen LogP contribution in [0.2, 0.25) is 0 Å². The second-order valence-electron chi connectivity index (χ2n) is 6.28. The van der Waals surface area contributed by atoms with Crippen molar-refractivity contribution >= 4 is 26.1 Å². The van der Waals surface area contributed by atoms with Gasteiger partial charge in [0.15, 0.2) is 0 Å². The lowest BCUT2D eigenvalue weighted by Gasteiger charge is -2.20. The van der Waals surface area contributed by atoms with Gasteiger partial charge in [0.1, 0.15) is 17.3 Å². The van der Waals surface area contributed by atoms with E-state index in [4.69, 9.17) is 4.74 Å². The number of nitrogens with zero attached hydrogens (tertiary/aromatic N) is 2. The van der Waals surface area contributed by atoms with Crippen LogP contribution in [0.4, 0.5) is 10.1 Å². The third kappa shape index (κ3) is 3.07. The average molecular weight is 362 g/mol. The third-order valence-corrected chi connectivity index (χ3v) is 5.10. The zero-order valence-corrected chi connectivity index (χ0v) is 15.5. The van der Waals surface area contributed by atoms with Crippen LogP contribution in [0, 0.1) is 12.7 Å². The molecule has 3 rings (SSSR count). The molecule has 0 bridgehead atoms. The Hall–Kier alpha value is -2.20. The lowest BCUT2D eigenvalue weighted by Crippen LogP contribution is -2.33. The molecule has 2 heterocycles. The van der Waals surface area contributed by atoms with Gasteiger partial charge in [-0.05, 0) is 29.9 Å². The molecule has 2 atom stereocenters. The highest BCUT2D eigenvalue weighted by Gasteiger charge is 2.36. The minimum absolute atomic E-state index is 0.169. The van der Waals surface area contributed by atoms with Crippen LogP contribution in [-0.4, -0.2) is 24.1 Å². The summed E-state index contributed by atoms with van der Waals surface area (Å²) in [4.78, 5) is 26.5. The number of aryl methyl sites for hydroxylation is 2. The number of carbonyl (C=O) groups is 1. The molecule has 1 fully saturated rings. The number of carbonyl (C=O) groups excluding carboxylic acids is 1. The van der Waals surface area contributed by atoms with E-state index in [0.29, 0.717) is 22.3 Å². The van der Waals surface area contributed by atoms with Gasteiger partial charge in [-0.1, -0.05) is 0 Å². The SMILES string of the molecule is COc1cc(F)c([C@H]2CC(=O)N(c3c(C)ccn(C)c3=O)C2)c(P)c1. The number of amides is 1.